The number of benzene rings is 3. The molecular formula is C29H28Cl2N6O4. The lowest BCUT2D eigenvalue weighted by Gasteiger charge is -2.30. The molecule has 212 valence electrons. The topological polar surface area (TPSA) is 141 Å². The quantitative estimate of drug-likeness (QED) is 0.0527. The second-order valence-corrected chi connectivity index (χ2v) is 9.90. The number of hydrogen-bond donors (Lipinski definition) is 3. The Bertz CT molecular complexity index is 1480. The molecule has 2 atom stereocenters. The van der Waals surface area contributed by atoms with E-state index in [2.05, 4.69) is 27.5 Å². The summed E-state index contributed by atoms with van der Waals surface area (Å²) in [6, 6.07) is 19.1. The lowest BCUT2D eigenvalue weighted by Crippen LogP contribution is -2.52. The van der Waals surface area contributed by atoms with Gasteiger partial charge in [0.2, 0.25) is 5.90 Å². The molecule has 1 amide bonds. The average molecular weight is 595 g/mol. The van der Waals surface area contributed by atoms with Gasteiger partial charge in [0.15, 0.2) is 11.6 Å². The van der Waals surface area contributed by atoms with Crippen molar-refractivity contribution in [2.75, 3.05) is 13.2 Å². The molecule has 3 aromatic carbocycles. The number of carbonyl (C=O) groups is 1. The Balaban J connectivity index is 1.67. The predicted octanol–water partition coefficient (Wildman–Crippen LogP) is 6.35. The smallest absolute Gasteiger partial charge is 0.266 e. The fraction of sp³-hybridized carbons (Fsp3) is 0.241. The number of aliphatic hydroxyl groups excluding tert-OH is 1. The lowest BCUT2D eigenvalue weighted by atomic mass is 9.84. The number of hydrogen-bond acceptors (Lipinski definition) is 7. The van der Waals surface area contributed by atoms with E-state index in [-0.39, 0.29) is 25.5 Å². The molecule has 0 saturated heterocycles. The van der Waals surface area contributed by atoms with Crippen LogP contribution in [0, 0.1) is 0 Å². The fourth-order valence-corrected chi connectivity index (χ4v) is 4.67. The highest BCUT2D eigenvalue weighted by atomic mass is 35.5. The Morgan fingerprint density at radius 3 is 2.68 bits per heavy atom. The summed E-state index contributed by atoms with van der Waals surface area (Å²) in [7, 11) is 0. The molecule has 0 bridgehead atoms. The molecule has 0 radical (unpaired) electrons. The number of azide groups is 1. The first-order valence-corrected chi connectivity index (χ1v) is 13.5. The Labute approximate surface area is 247 Å². The van der Waals surface area contributed by atoms with E-state index in [1.54, 1.807) is 72.8 Å². The second-order valence-electron chi connectivity index (χ2n) is 9.09. The minimum atomic E-state index is -1.49. The molecule has 0 unspecified atom stereocenters. The third-order valence-electron chi connectivity index (χ3n) is 6.34. The zero-order valence-corrected chi connectivity index (χ0v) is 23.5. The predicted molar refractivity (Wildman–Crippen MR) is 158 cm³/mol. The summed E-state index contributed by atoms with van der Waals surface area (Å²) in [4.78, 5) is 21.7. The molecule has 0 spiro atoms. The SMILES string of the molecule is C=CC[C@]1(C(=O)NNCc2ccc(Cl)c(Cl)c2)N=C(c2ccc(OCCCO)cc2)O[C@H]1c1ccccc1N=[N+]=[N-]. The van der Waals surface area contributed by atoms with Gasteiger partial charge in [-0.3, -0.25) is 10.2 Å². The highest BCUT2D eigenvalue weighted by Gasteiger charge is 2.53. The van der Waals surface area contributed by atoms with Gasteiger partial charge in [-0.25, -0.2) is 10.4 Å². The van der Waals surface area contributed by atoms with Crippen LogP contribution in [0.3, 0.4) is 0 Å². The summed E-state index contributed by atoms with van der Waals surface area (Å²) >= 11 is 12.1. The maximum Gasteiger partial charge on any atom is 0.266 e. The maximum atomic E-state index is 13.9. The van der Waals surface area contributed by atoms with Crippen LogP contribution in [0.1, 0.15) is 35.6 Å². The molecule has 3 aromatic rings. The van der Waals surface area contributed by atoms with E-state index in [0.29, 0.717) is 45.6 Å². The molecule has 41 heavy (non-hydrogen) atoms. The van der Waals surface area contributed by atoms with E-state index >= 15 is 0 Å². The van der Waals surface area contributed by atoms with Gasteiger partial charge in [-0.05, 0) is 47.5 Å². The Hall–Kier alpha value is -4.05. The zero-order valence-electron chi connectivity index (χ0n) is 22.0. The second kappa shape index (κ2) is 14.0. The standard InChI is InChI=1S/C29H28Cl2N6O4/c1-2-14-29(28(39)36-33-18-19-8-13-23(30)24(31)17-19)26(22-6-3-4-7-25(22)35-37-32)41-27(34-29)20-9-11-21(12-10-20)40-16-5-15-38/h2-4,6-13,17,26,33,38H,1,5,14-16,18H2,(H,36,39)/t26-,29-/m0/s1. The van der Waals surface area contributed by atoms with Crippen LogP contribution in [-0.4, -0.2) is 35.7 Å². The van der Waals surface area contributed by atoms with Crippen molar-refractivity contribution in [2.24, 2.45) is 10.1 Å². The molecule has 0 aliphatic carbocycles. The van der Waals surface area contributed by atoms with Crippen molar-refractivity contribution in [1.29, 1.82) is 0 Å². The Morgan fingerprint density at radius 1 is 1.20 bits per heavy atom. The van der Waals surface area contributed by atoms with Crippen molar-refractivity contribution in [3.8, 4) is 5.75 Å². The molecule has 0 saturated carbocycles. The van der Waals surface area contributed by atoms with Crippen molar-refractivity contribution in [3.05, 3.63) is 117 Å². The van der Waals surface area contributed by atoms with E-state index in [1.807, 2.05) is 0 Å². The van der Waals surface area contributed by atoms with Crippen LogP contribution in [0.4, 0.5) is 5.69 Å². The Morgan fingerprint density at radius 2 is 1.98 bits per heavy atom. The van der Waals surface area contributed by atoms with Crippen LogP contribution < -0.4 is 15.6 Å². The molecule has 3 N–H and O–H groups in total. The minimum absolute atomic E-state index is 0.0389. The summed E-state index contributed by atoms with van der Waals surface area (Å²) in [6.07, 6.45) is 1.29. The molecule has 4 rings (SSSR count). The Kier molecular flexibility index (Phi) is 10.2. The van der Waals surface area contributed by atoms with Crippen molar-refractivity contribution in [3.63, 3.8) is 0 Å². The zero-order chi connectivity index (χ0) is 29.2. The lowest BCUT2D eigenvalue weighted by molar-refractivity contribution is -0.129. The van der Waals surface area contributed by atoms with Crippen LogP contribution in [0.25, 0.3) is 10.4 Å². The number of ether oxygens (including phenoxy) is 2. The van der Waals surface area contributed by atoms with Crippen LogP contribution in [0.2, 0.25) is 10.0 Å². The largest absolute Gasteiger partial charge is 0.494 e. The molecule has 10 nitrogen and oxygen atoms in total. The molecule has 0 aromatic heterocycles. The number of hydrazine groups is 1. The van der Waals surface area contributed by atoms with Gasteiger partial charge in [0.05, 0.1) is 16.7 Å². The number of halogens is 2. The summed E-state index contributed by atoms with van der Waals surface area (Å²) in [5.74, 6) is 0.374. The van der Waals surface area contributed by atoms with Gasteiger partial charge in [-0.1, -0.05) is 64.7 Å². The van der Waals surface area contributed by atoms with E-state index in [1.165, 1.54) is 0 Å². The van der Waals surface area contributed by atoms with Crippen molar-refractivity contribution in [2.45, 2.75) is 31.0 Å². The fourth-order valence-electron chi connectivity index (χ4n) is 4.35. The first kappa shape index (κ1) is 29.9. The molecule has 1 heterocycles. The number of amides is 1. The first-order valence-electron chi connectivity index (χ1n) is 12.7. The van der Waals surface area contributed by atoms with E-state index in [9.17, 15) is 4.79 Å². The van der Waals surface area contributed by atoms with Gasteiger partial charge < -0.3 is 14.6 Å². The van der Waals surface area contributed by atoms with Crippen molar-refractivity contribution < 1.29 is 19.4 Å². The monoisotopic (exact) mass is 594 g/mol. The highest BCUT2D eigenvalue weighted by molar-refractivity contribution is 6.42. The van der Waals surface area contributed by atoms with E-state index < -0.39 is 17.6 Å². The number of carbonyl (C=O) groups excluding carboxylic acids is 1. The van der Waals surface area contributed by atoms with Crippen LogP contribution in [-0.2, 0) is 16.1 Å². The highest BCUT2D eigenvalue weighted by Crippen LogP contribution is 2.45. The van der Waals surface area contributed by atoms with Gasteiger partial charge >= 0.3 is 0 Å². The van der Waals surface area contributed by atoms with Gasteiger partial charge in [0.25, 0.3) is 5.91 Å². The summed E-state index contributed by atoms with van der Waals surface area (Å²) in [5.41, 5.74) is 15.6. The summed E-state index contributed by atoms with van der Waals surface area (Å²) in [5, 5.41) is 13.6. The number of aliphatic hydroxyl groups is 1. The van der Waals surface area contributed by atoms with Crippen LogP contribution in [0.15, 0.2) is 89.5 Å². The van der Waals surface area contributed by atoms with E-state index in [4.69, 9.17) is 48.3 Å². The number of nitrogens with zero attached hydrogens (tertiary/aromatic N) is 4. The number of nitrogens with one attached hydrogen (secondary N) is 2. The third-order valence-corrected chi connectivity index (χ3v) is 7.07. The summed E-state index contributed by atoms with van der Waals surface area (Å²) in [6.45, 7) is 4.54. The maximum absolute atomic E-state index is 13.9. The molecular weight excluding hydrogens is 567 g/mol. The van der Waals surface area contributed by atoms with Gasteiger partial charge in [-0.15, -0.1) is 6.58 Å². The molecule has 1 aliphatic rings. The summed E-state index contributed by atoms with van der Waals surface area (Å²) < 4.78 is 12.0. The normalized spacial score (nSPS) is 17.6. The van der Waals surface area contributed by atoms with Gasteiger partial charge in [-0.2, -0.15) is 0 Å². The molecule has 0 fully saturated rings. The van der Waals surface area contributed by atoms with Crippen LogP contribution in [0.5, 0.6) is 5.75 Å². The number of rotatable bonds is 13. The van der Waals surface area contributed by atoms with Gasteiger partial charge in [0.1, 0.15) is 5.75 Å². The molecule has 12 heteroatoms. The van der Waals surface area contributed by atoms with E-state index in [0.717, 1.165) is 5.56 Å². The van der Waals surface area contributed by atoms with Gasteiger partial charge in [0, 0.05) is 47.7 Å². The molecule has 1 aliphatic heterocycles. The average Bonchev–Trinajstić information content (AvgIpc) is 3.36. The first-order chi connectivity index (χ1) is 19.9. The number of aliphatic imine (C=N–C) groups is 1. The third kappa shape index (κ3) is 7.00. The van der Waals surface area contributed by atoms with Crippen molar-refractivity contribution in [1.82, 2.24) is 10.9 Å². The minimum Gasteiger partial charge on any atom is -0.494 e. The van der Waals surface area contributed by atoms with Crippen LogP contribution >= 0.6 is 23.2 Å². The van der Waals surface area contributed by atoms with Crippen molar-refractivity contribution >= 4 is 40.7 Å².